The third-order valence-corrected chi connectivity index (χ3v) is 2.20. The van der Waals surface area contributed by atoms with E-state index in [1.54, 1.807) is 14.2 Å². The molecule has 0 amide bonds. The third-order valence-electron chi connectivity index (χ3n) is 2.20. The van der Waals surface area contributed by atoms with Crippen molar-refractivity contribution in [3.63, 3.8) is 0 Å². The molecule has 1 atom stereocenters. The lowest BCUT2D eigenvalue weighted by Gasteiger charge is -2.18. The van der Waals surface area contributed by atoms with Crippen LogP contribution in [0.5, 0.6) is 5.75 Å². The van der Waals surface area contributed by atoms with E-state index < -0.39 is 0 Å². The van der Waals surface area contributed by atoms with Crippen LogP contribution in [0.3, 0.4) is 0 Å². The average Bonchev–Trinajstić information content (AvgIpc) is 2.26. The summed E-state index contributed by atoms with van der Waals surface area (Å²) in [5, 5.41) is 3.19. The first-order valence-corrected chi connectivity index (χ1v) is 4.62. The van der Waals surface area contributed by atoms with Gasteiger partial charge in [-0.25, -0.2) is 0 Å². The summed E-state index contributed by atoms with van der Waals surface area (Å²) in [6.07, 6.45) is 0. The Bertz CT molecular complexity index is 276. The van der Waals surface area contributed by atoms with Crippen LogP contribution in [0.15, 0.2) is 24.3 Å². The molecule has 1 N–H and O–H groups in total. The number of rotatable bonds is 5. The molecule has 14 heavy (non-hydrogen) atoms. The maximum absolute atomic E-state index is 5.28. The van der Waals surface area contributed by atoms with Gasteiger partial charge < -0.3 is 14.8 Å². The zero-order chi connectivity index (χ0) is 10.4. The summed E-state index contributed by atoms with van der Waals surface area (Å²) in [5.41, 5.74) is 1.12. The molecule has 1 rings (SSSR count). The summed E-state index contributed by atoms with van der Waals surface area (Å²) in [7, 11) is 5.29. The molecule has 1 unspecified atom stereocenters. The Kier molecular flexibility index (Phi) is 4.43. The maximum Gasteiger partial charge on any atom is 0.123 e. The van der Waals surface area contributed by atoms with E-state index in [4.69, 9.17) is 9.47 Å². The van der Waals surface area contributed by atoms with Crippen LogP contribution < -0.4 is 10.1 Å². The van der Waals surface area contributed by atoms with Crippen LogP contribution >= 0.6 is 0 Å². The van der Waals surface area contributed by atoms with Crippen LogP contribution in [0.4, 0.5) is 0 Å². The molecule has 0 radical (unpaired) electrons. The van der Waals surface area contributed by atoms with Gasteiger partial charge in [0.25, 0.3) is 0 Å². The molecule has 0 fully saturated rings. The van der Waals surface area contributed by atoms with Gasteiger partial charge in [-0.2, -0.15) is 0 Å². The average molecular weight is 195 g/mol. The Morgan fingerprint density at radius 1 is 1.29 bits per heavy atom. The second-order valence-corrected chi connectivity index (χ2v) is 3.04. The number of hydrogen-bond acceptors (Lipinski definition) is 3. The van der Waals surface area contributed by atoms with Crippen molar-refractivity contribution in [2.75, 3.05) is 27.9 Å². The molecule has 3 heteroatoms. The SMILES string of the molecule is CNC(COC)c1ccccc1OC. The summed E-state index contributed by atoms with van der Waals surface area (Å²) in [6, 6.07) is 8.13. The fraction of sp³-hybridized carbons (Fsp3) is 0.455. The first-order valence-electron chi connectivity index (χ1n) is 4.62. The Morgan fingerprint density at radius 3 is 2.57 bits per heavy atom. The normalized spacial score (nSPS) is 12.5. The first kappa shape index (κ1) is 11.0. The molecular formula is C11H17NO2. The summed E-state index contributed by atoms with van der Waals surface area (Å²) in [6.45, 7) is 0.636. The Hall–Kier alpha value is -1.06. The molecule has 0 saturated carbocycles. The number of hydrogen-bond donors (Lipinski definition) is 1. The highest BCUT2D eigenvalue weighted by atomic mass is 16.5. The molecule has 1 aromatic carbocycles. The lowest BCUT2D eigenvalue weighted by atomic mass is 10.1. The quantitative estimate of drug-likeness (QED) is 0.774. The molecule has 0 spiro atoms. The van der Waals surface area contributed by atoms with Crippen LogP contribution in [0, 0.1) is 0 Å². The number of ether oxygens (including phenoxy) is 2. The van der Waals surface area contributed by atoms with Gasteiger partial charge in [0.05, 0.1) is 19.8 Å². The predicted octanol–water partition coefficient (Wildman–Crippen LogP) is 1.60. The summed E-state index contributed by atoms with van der Waals surface area (Å²) in [5.74, 6) is 0.893. The van der Waals surface area contributed by atoms with E-state index in [1.165, 1.54) is 0 Å². The first-order chi connectivity index (χ1) is 6.83. The number of benzene rings is 1. The molecule has 0 aliphatic carbocycles. The zero-order valence-corrected chi connectivity index (χ0v) is 8.91. The van der Waals surface area contributed by atoms with Crippen LogP contribution in [-0.4, -0.2) is 27.9 Å². The van der Waals surface area contributed by atoms with Gasteiger partial charge in [-0.3, -0.25) is 0 Å². The van der Waals surface area contributed by atoms with Gasteiger partial charge in [-0.1, -0.05) is 18.2 Å². The van der Waals surface area contributed by atoms with Gasteiger partial charge in [-0.05, 0) is 13.1 Å². The molecule has 0 saturated heterocycles. The summed E-state index contributed by atoms with van der Waals surface area (Å²) >= 11 is 0. The highest BCUT2D eigenvalue weighted by molar-refractivity contribution is 5.35. The van der Waals surface area contributed by atoms with Crippen LogP contribution in [-0.2, 0) is 4.74 Å². The summed E-state index contributed by atoms with van der Waals surface area (Å²) in [4.78, 5) is 0. The molecule has 0 bridgehead atoms. The fourth-order valence-electron chi connectivity index (χ4n) is 1.45. The highest BCUT2D eigenvalue weighted by Gasteiger charge is 2.12. The predicted molar refractivity (Wildman–Crippen MR) is 56.7 cm³/mol. The lowest BCUT2D eigenvalue weighted by Crippen LogP contribution is -2.21. The zero-order valence-electron chi connectivity index (χ0n) is 8.91. The minimum atomic E-state index is 0.177. The number of para-hydroxylation sites is 1. The van der Waals surface area contributed by atoms with Crippen molar-refractivity contribution < 1.29 is 9.47 Å². The smallest absolute Gasteiger partial charge is 0.123 e. The van der Waals surface area contributed by atoms with Crippen molar-refractivity contribution >= 4 is 0 Å². The van der Waals surface area contributed by atoms with Crippen LogP contribution in [0.1, 0.15) is 11.6 Å². The fourth-order valence-corrected chi connectivity index (χ4v) is 1.45. The van der Waals surface area contributed by atoms with Crippen molar-refractivity contribution in [3.8, 4) is 5.75 Å². The Labute approximate surface area is 85.0 Å². The molecule has 0 aliphatic heterocycles. The van der Waals surface area contributed by atoms with E-state index in [1.807, 2.05) is 31.3 Å². The molecular weight excluding hydrogens is 178 g/mol. The number of nitrogens with one attached hydrogen (secondary N) is 1. The van der Waals surface area contributed by atoms with Crippen molar-refractivity contribution in [3.05, 3.63) is 29.8 Å². The van der Waals surface area contributed by atoms with Crippen LogP contribution in [0.2, 0.25) is 0 Å². The van der Waals surface area contributed by atoms with Gasteiger partial charge in [-0.15, -0.1) is 0 Å². The molecule has 3 nitrogen and oxygen atoms in total. The number of methoxy groups -OCH3 is 2. The van der Waals surface area contributed by atoms with Crippen molar-refractivity contribution in [2.24, 2.45) is 0 Å². The lowest BCUT2D eigenvalue weighted by molar-refractivity contribution is 0.169. The monoisotopic (exact) mass is 195 g/mol. The molecule has 1 aromatic rings. The second kappa shape index (κ2) is 5.62. The Morgan fingerprint density at radius 2 is 2.00 bits per heavy atom. The molecule has 0 aliphatic rings. The van der Waals surface area contributed by atoms with E-state index in [0.29, 0.717) is 6.61 Å². The Balaban J connectivity index is 2.90. The summed E-state index contributed by atoms with van der Waals surface area (Å²) < 4.78 is 10.4. The van der Waals surface area contributed by atoms with E-state index >= 15 is 0 Å². The van der Waals surface area contributed by atoms with Gasteiger partial charge in [0.2, 0.25) is 0 Å². The second-order valence-electron chi connectivity index (χ2n) is 3.04. The third kappa shape index (κ3) is 2.47. The molecule has 0 aromatic heterocycles. The number of likely N-dealkylation sites (N-methyl/N-ethyl adjacent to an activating group) is 1. The minimum absolute atomic E-state index is 0.177. The van der Waals surface area contributed by atoms with Gasteiger partial charge in [0.15, 0.2) is 0 Å². The van der Waals surface area contributed by atoms with E-state index in [2.05, 4.69) is 5.32 Å². The van der Waals surface area contributed by atoms with Crippen molar-refractivity contribution in [1.82, 2.24) is 5.32 Å². The van der Waals surface area contributed by atoms with Gasteiger partial charge in [0.1, 0.15) is 5.75 Å². The van der Waals surface area contributed by atoms with Gasteiger partial charge in [0, 0.05) is 12.7 Å². The van der Waals surface area contributed by atoms with Crippen LogP contribution in [0.25, 0.3) is 0 Å². The highest BCUT2D eigenvalue weighted by Crippen LogP contribution is 2.24. The van der Waals surface area contributed by atoms with Crippen molar-refractivity contribution in [2.45, 2.75) is 6.04 Å². The topological polar surface area (TPSA) is 30.5 Å². The standard InChI is InChI=1S/C11H17NO2/c1-12-10(8-13-2)9-6-4-5-7-11(9)14-3/h4-7,10,12H,8H2,1-3H3. The maximum atomic E-state index is 5.28. The van der Waals surface area contributed by atoms with Gasteiger partial charge >= 0.3 is 0 Å². The largest absolute Gasteiger partial charge is 0.496 e. The van der Waals surface area contributed by atoms with E-state index in [9.17, 15) is 0 Å². The molecule has 78 valence electrons. The van der Waals surface area contributed by atoms with Crippen molar-refractivity contribution in [1.29, 1.82) is 0 Å². The van der Waals surface area contributed by atoms with E-state index in [0.717, 1.165) is 11.3 Å². The minimum Gasteiger partial charge on any atom is -0.496 e. The van der Waals surface area contributed by atoms with E-state index in [-0.39, 0.29) is 6.04 Å². The molecule has 0 heterocycles.